The van der Waals surface area contributed by atoms with E-state index in [0.717, 1.165) is 18.4 Å². The largest absolute Gasteiger partial charge is 0.439 e. The molecule has 0 unspecified atom stereocenters. The number of carbonyl (C=O) groups is 2. The number of hydrogen-bond donors (Lipinski definition) is 0. The summed E-state index contributed by atoms with van der Waals surface area (Å²) in [6.45, 7) is 2.06. The lowest BCUT2D eigenvalue weighted by Gasteiger charge is -2.34. The lowest BCUT2D eigenvalue weighted by molar-refractivity contribution is -0.141. The van der Waals surface area contributed by atoms with Crippen molar-refractivity contribution in [3.05, 3.63) is 30.3 Å². The summed E-state index contributed by atoms with van der Waals surface area (Å²) in [5, 5.41) is 7.73. The van der Waals surface area contributed by atoms with Crippen molar-refractivity contribution in [2.45, 2.75) is 12.8 Å². The minimum Gasteiger partial charge on any atom is -0.439 e. The molecule has 136 valence electrons. The third-order valence-corrected chi connectivity index (χ3v) is 4.62. The van der Waals surface area contributed by atoms with E-state index < -0.39 is 0 Å². The third-order valence-electron chi connectivity index (χ3n) is 4.62. The number of ether oxygens (including phenoxy) is 1. The molecule has 8 nitrogen and oxygen atoms in total. The zero-order valence-corrected chi connectivity index (χ0v) is 14.3. The molecule has 0 spiro atoms. The molecule has 2 fully saturated rings. The van der Waals surface area contributed by atoms with E-state index in [0.29, 0.717) is 32.1 Å². The molecule has 1 aromatic carbocycles. The summed E-state index contributed by atoms with van der Waals surface area (Å²) in [5.74, 6) is 0.646. The van der Waals surface area contributed by atoms with Gasteiger partial charge in [0.25, 0.3) is 11.8 Å². The predicted octanol–water partition coefficient (Wildman–Crippen LogP) is 1.20. The van der Waals surface area contributed by atoms with E-state index in [1.165, 1.54) is 0 Å². The van der Waals surface area contributed by atoms with Crippen LogP contribution in [0.4, 0.5) is 0 Å². The molecular formula is C18H20N4O4. The molecule has 2 heterocycles. The minimum atomic E-state index is -0.160. The summed E-state index contributed by atoms with van der Waals surface area (Å²) < 4.78 is 10.8. The molecule has 1 saturated heterocycles. The van der Waals surface area contributed by atoms with E-state index in [4.69, 9.17) is 9.15 Å². The third kappa shape index (κ3) is 3.68. The number of piperazine rings is 1. The number of aromatic nitrogens is 2. The topological polar surface area (TPSA) is 88.8 Å². The summed E-state index contributed by atoms with van der Waals surface area (Å²) in [7, 11) is 0. The summed E-state index contributed by atoms with van der Waals surface area (Å²) in [6, 6.07) is 9.35. The smallest absolute Gasteiger partial charge is 0.415 e. The zero-order valence-electron chi connectivity index (χ0n) is 14.3. The molecular weight excluding hydrogens is 336 g/mol. The van der Waals surface area contributed by atoms with Gasteiger partial charge in [-0.05, 0) is 25.0 Å². The number of amides is 2. The van der Waals surface area contributed by atoms with Gasteiger partial charge in [-0.2, -0.15) is 0 Å². The van der Waals surface area contributed by atoms with Crippen molar-refractivity contribution in [3.8, 4) is 17.5 Å². The van der Waals surface area contributed by atoms with E-state index in [1.54, 1.807) is 4.90 Å². The molecule has 26 heavy (non-hydrogen) atoms. The molecule has 1 aromatic heterocycles. The maximum Gasteiger partial charge on any atom is 0.415 e. The first-order chi connectivity index (χ1) is 12.7. The van der Waals surface area contributed by atoms with Crippen LogP contribution in [-0.2, 0) is 9.59 Å². The molecule has 0 radical (unpaired) electrons. The average Bonchev–Trinajstić information content (AvgIpc) is 3.44. The Morgan fingerprint density at radius 3 is 2.42 bits per heavy atom. The van der Waals surface area contributed by atoms with Gasteiger partial charge in [-0.1, -0.05) is 23.3 Å². The van der Waals surface area contributed by atoms with Gasteiger partial charge in [-0.25, -0.2) is 0 Å². The lowest BCUT2D eigenvalue weighted by atomic mass is 10.2. The Morgan fingerprint density at radius 1 is 1.04 bits per heavy atom. The Hall–Kier alpha value is -2.90. The monoisotopic (exact) mass is 356 g/mol. The van der Waals surface area contributed by atoms with E-state index in [-0.39, 0.29) is 30.4 Å². The Kier molecular flexibility index (Phi) is 4.55. The number of nitrogens with zero attached hydrogens (tertiary/aromatic N) is 4. The van der Waals surface area contributed by atoms with Gasteiger partial charge in [0.15, 0.2) is 6.61 Å². The average molecular weight is 356 g/mol. The maximum absolute atomic E-state index is 12.3. The fourth-order valence-electron chi connectivity index (χ4n) is 2.94. The zero-order chi connectivity index (χ0) is 17.9. The van der Waals surface area contributed by atoms with Crippen molar-refractivity contribution >= 4 is 11.8 Å². The summed E-state index contributed by atoms with van der Waals surface area (Å²) in [4.78, 5) is 27.9. The van der Waals surface area contributed by atoms with Crippen LogP contribution < -0.4 is 4.74 Å². The van der Waals surface area contributed by atoms with Crippen LogP contribution in [0.2, 0.25) is 0 Å². The predicted molar refractivity (Wildman–Crippen MR) is 91.1 cm³/mol. The van der Waals surface area contributed by atoms with Crippen LogP contribution in [0.5, 0.6) is 6.08 Å². The first-order valence-electron chi connectivity index (χ1n) is 8.79. The van der Waals surface area contributed by atoms with E-state index in [9.17, 15) is 9.59 Å². The van der Waals surface area contributed by atoms with Crippen molar-refractivity contribution < 1.29 is 18.7 Å². The van der Waals surface area contributed by atoms with Crippen LogP contribution in [0.3, 0.4) is 0 Å². The second kappa shape index (κ2) is 7.15. The molecule has 1 aliphatic carbocycles. The van der Waals surface area contributed by atoms with Crippen molar-refractivity contribution in [2.24, 2.45) is 5.92 Å². The maximum atomic E-state index is 12.3. The molecule has 2 aromatic rings. The number of carbonyl (C=O) groups excluding carboxylic acids is 2. The summed E-state index contributed by atoms with van der Waals surface area (Å²) in [5.41, 5.74) is 0.789. The molecule has 2 amide bonds. The van der Waals surface area contributed by atoms with E-state index in [1.807, 2.05) is 35.2 Å². The normalized spacial score (nSPS) is 17.2. The Labute approximate surface area is 150 Å². The minimum absolute atomic E-state index is 0.0280. The number of hydrogen-bond acceptors (Lipinski definition) is 6. The van der Waals surface area contributed by atoms with Crippen molar-refractivity contribution in [3.63, 3.8) is 0 Å². The quantitative estimate of drug-likeness (QED) is 0.800. The van der Waals surface area contributed by atoms with Crippen LogP contribution in [0.15, 0.2) is 34.7 Å². The molecule has 4 rings (SSSR count). The molecule has 0 atom stereocenters. The molecule has 2 aliphatic rings. The fraction of sp³-hybridized carbons (Fsp3) is 0.444. The number of rotatable bonds is 5. The second-order valence-electron chi connectivity index (χ2n) is 6.51. The first kappa shape index (κ1) is 16.6. The van der Waals surface area contributed by atoms with E-state index in [2.05, 4.69) is 10.2 Å². The molecule has 1 saturated carbocycles. The Bertz CT molecular complexity index is 779. The lowest BCUT2D eigenvalue weighted by Crippen LogP contribution is -2.52. The summed E-state index contributed by atoms with van der Waals surface area (Å²) in [6.07, 6.45) is 1.97. The van der Waals surface area contributed by atoms with Crippen LogP contribution in [0.1, 0.15) is 12.8 Å². The molecule has 8 heteroatoms. The highest BCUT2D eigenvalue weighted by Gasteiger charge is 2.35. The van der Waals surface area contributed by atoms with Gasteiger partial charge < -0.3 is 19.0 Å². The highest BCUT2D eigenvalue weighted by atomic mass is 16.6. The molecule has 0 N–H and O–H groups in total. The standard InChI is InChI=1S/C18H20N4O4/c23-15(21-8-10-22(11-9-21)17(24)14-6-7-14)12-25-18-20-19-16(26-18)13-4-2-1-3-5-13/h1-5,14H,6-12H2. The highest BCUT2D eigenvalue weighted by Crippen LogP contribution is 2.31. The van der Waals surface area contributed by atoms with Crippen molar-refractivity contribution in [1.82, 2.24) is 20.0 Å². The van der Waals surface area contributed by atoms with Crippen LogP contribution in [0.25, 0.3) is 11.5 Å². The van der Waals surface area contributed by atoms with Crippen LogP contribution in [0, 0.1) is 5.92 Å². The summed E-state index contributed by atoms with van der Waals surface area (Å²) >= 11 is 0. The van der Waals surface area contributed by atoms with Crippen molar-refractivity contribution in [1.29, 1.82) is 0 Å². The van der Waals surface area contributed by atoms with Gasteiger partial charge in [0, 0.05) is 37.7 Å². The Balaban J connectivity index is 1.25. The van der Waals surface area contributed by atoms with Gasteiger partial charge in [0.05, 0.1) is 0 Å². The van der Waals surface area contributed by atoms with Gasteiger partial charge in [0.1, 0.15) is 0 Å². The van der Waals surface area contributed by atoms with Gasteiger partial charge in [-0.15, -0.1) is 5.10 Å². The van der Waals surface area contributed by atoms with Crippen molar-refractivity contribution in [2.75, 3.05) is 32.8 Å². The first-order valence-corrected chi connectivity index (χ1v) is 8.79. The molecule has 0 bridgehead atoms. The van der Waals surface area contributed by atoms with Gasteiger partial charge in [-0.3, -0.25) is 9.59 Å². The van der Waals surface area contributed by atoms with Crippen LogP contribution >= 0.6 is 0 Å². The van der Waals surface area contributed by atoms with Crippen LogP contribution in [-0.4, -0.2) is 64.6 Å². The second-order valence-corrected chi connectivity index (χ2v) is 6.51. The fourth-order valence-corrected chi connectivity index (χ4v) is 2.94. The van der Waals surface area contributed by atoms with Gasteiger partial charge in [0.2, 0.25) is 5.91 Å². The highest BCUT2D eigenvalue weighted by molar-refractivity contribution is 5.82. The number of benzene rings is 1. The SMILES string of the molecule is O=C(COc1nnc(-c2ccccc2)o1)N1CCN(C(=O)C2CC2)CC1. The van der Waals surface area contributed by atoms with Gasteiger partial charge >= 0.3 is 6.08 Å². The Morgan fingerprint density at radius 2 is 1.73 bits per heavy atom. The van der Waals surface area contributed by atoms with E-state index >= 15 is 0 Å². The molecule has 1 aliphatic heterocycles.